The molecule has 12 atom stereocenters. The Bertz CT molecular complexity index is 1180. The summed E-state index contributed by atoms with van der Waals surface area (Å²) in [4.78, 5) is 0. The van der Waals surface area contributed by atoms with Crippen molar-refractivity contribution in [3.63, 3.8) is 0 Å². The highest BCUT2D eigenvalue weighted by atomic mass is 16.7. The van der Waals surface area contributed by atoms with E-state index in [4.69, 9.17) is 23.7 Å². The first-order valence-electron chi connectivity index (χ1n) is 16.6. The highest BCUT2D eigenvalue weighted by molar-refractivity contribution is 5.54. The van der Waals surface area contributed by atoms with Crippen LogP contribution in [-0.2, 0) is 20.6 Å². The van der Waals surface area contributed by atoms with E-state index in [1.54, 1.807) is 6.92 Å². The maximum atomic E-state index is 11.3. The van der Waals surface area contributed by atoms with E-state index in [1.165, 1.54) is 5.57 Å². The maximum Gasteiger partial charge on any atom is 0.229 e. The number of unbranched alkanes of at least 4 members (excludes halogenated alkanes) is 2. The highest BCUT2D eigenvalue weighted by Crippen LogP contribution is 2.54. The Morgan fingerprint density at radius 3 is 2.29 bits per heavy atom. The van der Waals surface area contributed by atoms with Gasteiger partial charge in [0.05, 0.1) is 12.7 Å². The second-order valence-corrected chi connectivity index (χ2v) is 13.7. The van der Waals surface area contributed by atoms with E-state index < -0.39 is 73.6 Å². The first-order valence-corrected chi connectivity index (χ1v) is 16.6. The maximum absolute atomic E-state index is 11.3. The molecule has 2 fully saturated rings. The number of fused-ring (bicyclic) bond motifs is 3. The van der Waals surface area contributed by atoms with Crippen LogP contribution >= 0.6 is 0 Å². The summed E-state index contributed by atoms with van der Waals surface area (Å²) in [6, 6.07) is 4.05. The molecule has 3 heterocycles. The van der Waals surface area contributed by atoms with Crippen LogP contribution in [0.15, 0.2) is 23.8 Å². The van der Waals surface area contributed by atoms with Crippen molar-refractivity contribution in [3.8, 4) is 11.5 Å². The lowest BCUT2D eigenvalue weighted by Gasteiger charge is -2.48. The number of hydrogen-bond donors (Lipinski definition) is 6. The van der Waals surface area contributed by atoms with E-state index in [9.17, 15) is 30.6 Å². The van der Waals surface area contributed by atoms with E-state index in [0.29, 0.717) is 12.2 Å². The van der Waals surface area contributed by atoms with Gasteiger partial charge in [-0.15, -0.1) is 0 Å². The third-order valence-electron chi connectivity index (χ3n) is 10.0. The van der Waals surface area contributed by atoms with Gasteiger partial charge in [0, 0.05) is 17.4 Å². The molecular weight excluding hydrogens is 584 g/mol. The van der Waals surface area contributed by atoms with Crippen LogP contribution in [-0.4, -0.2) is 104 Å². The number of hydrogen-bond acceptors (Lipinski definition) is 11. The van der Waals surface area contributed by atoms with Gasteiger partial charge in [0.1, 0.15) is 59.8 Å². The lowest BCUT2D eigenvalue weighted by Crippen LogP contribution is -2.64. The minimum absolute atomic E-state index is 0.0193. The Morgan fingerprint density at radius 1 is 0.889 bits per heavy atom. The van der Waals surface area contributed by atoms with Gasteiger partial charge in [-0.1, -0.05) is 38.3 Å². The summed E-state index contributed by atoms with van der Waals surface area (Å²) in [5, 5.41) is 63.8. The smallest absolute Gasteiger partial charge is 0.229 e. The van der Waals surface area contributed by atoms with E-state index in [1.807, 2.05) is 6.07 Å². The fourth-order valence-corrected chi connectivity index (χ4v) is 7.35. The van der Waals surface area contributed by atoms with Gasteiger partial charge in [0.15, 0.2) is 6.29 Å². The van der Waals surface area contributed by atoms with Gasteiger partial charge in [0.2, 0.25) is 6.29 Å². The van der Waals surface area contributed by atoms with E-state index >= 15 is 0 Å². The summed E-state index contributed by atoms with van der Waals surface area (Å²) in [6.07, 6.45) is -5.32. The van der Waals surface area contributed by atoms with Gasteiger partial charge in [-0.25, -0.2) is 0 Å². The third kappa shape index (κ3) is 6.93. The van der Waals surface area contributed by atoms with Gasteiger partial charge >= 0.3 is 0 Å². The Balaban J connectivity index is 1.43. The van der Waals surface area contributed by atoms with Crippen LogP contribution < -0.4 is 9.47 Å². The molecule has 0 spiro atoms. The quantitative estimate of drug-likeness (QED) is 0.165. The number of rotatable bonds is 10. The zero-order valence-corrected chi connectivity index (χ0v) is 27.0. The molecule has 1 aliphatic carbocycles. The predicted molar refractivity (Wildman–Crippen MR) is 164 cm³/mol. The zero-order valence-electron chi connectivity index (χ0n) is 27.0. The summed E-state index contributed by atoms with van der Waals surface area (Å²) in [5.74, 6) is 1.45. The van der Waals surface area contributed by atoms with Crippen LogP contribution in [0.5, 0.6) is 11.5 Å². The number of aliphatic hydroxyl groups is 6. The molecule has 0 unspecified atom stereocenters. The summed E-state index contributed by atoms with van der Waals surface area (Å²) in [6.45, 7) is 9.67. The van der Waals surface area contributed by atoms with Crippen LogP contribution in [0, 0.1) is 5.92 Å². The molecule has 4 aliphatic rings. The van der Waals surface area contributed by atoms with Crippen molar-refractivity contribution in [2.75, 3.05) is 6.61 Å². The number of aryl methyl sites for hydroxylation is 1. The van der Waals surface area contributed by atoms with Gasteiger partial charge < -0.3 is 54.3 Å². The average Bonchev–Trinajstić information content (AvgIpc) is 3.00. The second kappa shape index (κ2) is 14.1. The first-order chi connectivity index (χ1) is 21.4. The van der Waals surface area contributed by atoms with Crippen molar-refractivity contribution < 1.29 is 54.3 Å². The molecule has 2 saturated heterocycles. The van der Waals surface area contributed by atoms with Crippen LogP contribution in [0.3, 0.4) is 0 Å². The predicted octanol–water partition coefficient (Wildman–Crippen LogP) is 2.45. The van der Waals surface area contributed by atoms with Crippen LogP contribution in [0.1, 0.15) is 90.2 Å². The number of aliphatic hydroxyl groups excluding tert-OH is 6. The number of allylic oxidation sites excluding steroid dienone is 2. The zero-order chi connectivity index (χ0) is 32.6. The average molecular weight is 637 g/mol. The molecule has 0 amide bonds. The molecule has 0 aromatic heterocycles. The van der Waals surface area contributed by atoms with Crippen molar-refractivity contribution in [3.05, 3.63) is 34.9 Å². The Labute approximate surface area is 265 Å². The van der Waals surface area contributed by atoms with Crippen LogP contribution in [0.25, 0.3) is 0 Å². The minimum Gasteiger partial charge on any atom is -0.487 e. The standard InChI is InChI=1S/C34H52O11/c1-6-8-9-10-18-14-22(25-19-13-17(3)11-12-20(19)34(4,5)45-23(25)15-18)42-32-30(40)28(38)31(24(16-35)43-32)44-33-29(39)27(37)26(36)21(7-2)41-33/h13-15,19-21,24,26-33,35-40H,6-12,16H2,1-5H3/t19-,20-,21-,24-,26-,27+,28-,29-,30-,31-,32-,33+/m1/s1. The number of ether oxygens (including phenoxy) is 5. The summed E-state index contributed by atoms with van der Waals surface area (Å²) >= 11 is 0. The molecule has 11 heteroatoms. The topological polar surface area (TPSA) is 168 Å². The van der Waals surface area contributed by atoms with Crippen LogP contribution in [0.4, 0.5) is 0 Å². The molecular formula is C34H52O11. The molecule has 1 aromatic carbocycles. The minimum atomic E-state index is -1.63. The second-order valence-electron chi connectivity index (χ2n) is 13.7. The van der Waals surface area contributed by atoms with E-state index in [-0.39, 0.29) is 11.8 Å². The van der Waals surface area contributed by atoms with Crippen molar-refractivity contribution >= 4 is 0 Å². The van der Waals surface area contributed by atoms with Gasteiger partial charge in [0.25, 0.3) is 0 Å². The Hall–Kier alpha value is -1.80. The normalized spacial score (nSPS) is 39.3. The summed E-state index contributed by atoms with van der Waals surface area (Å²) in [5.41, 5.74) is 2.80. The molecule has 0 bridgehead atoms. The van der Waals surface area contributed by atoms with E-state index in [0.717, 1.165) is 55.4 Å². The largest absolute Gasteiger partial charge is 0.487 e. The van der Waals surface area contributed by atoms with Crippen molar-refractivity contribution in [1.82, 2.24) is 0 Å². The fourth-order valence-electron chi connectivity index (χ4n) is 7.35. The SMILES string of the molecule is CCCCCc1cc(O[C@@H]2O[C@H](CO)[C@@H](O[C@@H]3O[C@H](CC)[C@@H](O)[C@H](O)[C@H]3O)[C@H](O)[C@H]2O)c2c(c1)OC(C)(C)[C@@H]1CCC(C)=C[C@@H]21. The molecule has 5 rings (SSSR count). The highest BCUT2D eigenvalue weighted by Gasteiger charge is 2.52. The van der Waals surface area contributed by atoms with E-state index in [2.05, 4.69) is 39.8 Å². The third-order valence-corrected chi connectivity index (χ3v) is 10.0. The first kappa shape index (κ1) is 34.5. The van der Waals surface area contributed by atoms with Gasteiger partial charge in [-0.2, -0.15) is 0 Å². The van der Waals surface area contributed by atoms with Crippen molar-refractivity contribution in [2.24, 2.45) is 5.92 Å². The fraction of sp³-hybridized carbons (Fsp3) is 0.765. The molecule has 0 saturated carbocycles. The van der Waals surface area contributed by atoms with Crippen molar-refractivity contribution in [1.29, 1.82) is 0 Å². The molecule has 6 N–H and O–H groups in total. The molecule has 1 aromatic rings. The van der Waals surface area contributed by atoms with Gasteiger partial charge in [-0.05, 0) is 70.6 Å². The van der Waals surface area contributed by atoms with Crippen molar-refractivity contribution in [2.45, 2.75) is 152 Å². The van der Waals surface area contributed by atoms with Crippen LogP contribution in [0.2, 0.25) is 0 Å². The number of benzene rings is 1. The lowest BCUT2D eigenvalue weighted by molar-refractivity contribution is -0.350. The lowest BCUT2D eigenvalue weighted by atomic mass is 9.68. The molecule has 254 valence electrons. The monoisotopic (exact) mass is 636 g/mol. The molecule has 45 heavy (non-hydrogen) atoms. The summed E-state index contributed by atoms with van der Waals surface area (Å²) in [7, 11) is 0. The molecule has 3 aliphatic heterocycles. The Kier molecular flexibility index (Phi) is 10.8. The van der Waals surface area contributed by atoms with Gasteiger partial charge in [-0.3, -0.25) is 0 Å². The Morgan fingerprint density at radius 2 is 1.60 bits per heavy atom. The summed E-state index contributed by atoms with van der Waals surface area (Å²) < 4.78 is 30.6. The molecule has 11 nitrogen and oxygen atoms in total. The molecule has 0 radical (unpaired) electrons.